The van der Waals surface area contributed by atoms with Gasteiger partial charge in [-0.15, -0.1) is 0 Å². The first-order chi connectivity index (χ1) is 11.4. The summed E-state index contributed by atoms with van der Waals surface area (Å²) < 4.78 is 5.87. The first-order valence-corrected chi connectivity index (χ1v) is 8.61. The maximum absolute atomic E-state index is 12.8. The van der Waals surface area contributed by atoms with Gasteiger partial charge >= 0.3 is 0 Å². The van der Waals surface area contributed by atoms with Crippen molar-refractivity contribution in [2.75, 3.05) is 13.1 Å². The van der Waals surface area contributed by atoms with Crippen LogP contribution in [0.5, 0.6) is 0 Å². The molecule has 0 aromatic heterocycles. The Kier molecular flexibility index (Phi) is 3.46. The van der Waals surface area contributed by atoms with Crippen LogP contribution in [0, 0.1) is 17.8 Å². The molecule has 1 aliphatic carbocycles. The van der Waals surface area contributed by atoms with Crippen LogP contribution in [0.2, 0.25) is 0 Å². The van der Waals surface area contributed by atoms with Crippen molar-refractivity contribution < 1.29 is 19.4 Å². The van der Waals surface area contributed by atoms with E-state index in [2.05, 4.69) is 19.6 Å². The molecular formula is C19H22NO4-. The molecule has 0 aromatic rings. The number of amides is 1. The molecule has 2 bridgehead atoms. The van der Waals surface area contributed by atoms with Gasteiger partial charge < -0.3 is 19.5 Å². The second kappa shape index (κ2) is 5.31. The number of nitrogens with zero attached hydrogens (tertiary/aromatic N) is 1. The number of allylic oxidation sites excluding steroid dienone is 2. The molecule has 4 aliphatic rings. The minimum absolute atomic E-state index is 0.112. The lowest BCUT2D eigenvalue weighted by Gasteiger charge is -2.27. The molecule has 24 heavy (non-hydrogen) atoms. The molecule has 128 valence electrons. The smallest absolute Gasteiger partial charge is 0.230 e. The Labute approximate surface area is 141 Å². The Bertz CT molecular complexity index is 679. The maximum Gasteiger partial charge on any atom is 0.230 e. The minimum atomic E-state index is -1.19. The van der Waals surface area contributed by atoms with Gasteiger partial charge in [-0.1, -0.05) is 36.0 Å². The second-order valence-electron chi connectivity index (χ2n) is 7.59. The molecule has 1 amide bonds. The van der Waals surface area contributed by atoms with Crippen molar-refractivity contribution in [2.45, 2.75) is 37.9 Å². The molecule has 5 heteroatoms. The van der Waals surface area contributed by atoms with E-state index < -0.39 is 29.5 Å². The molecule has 5 atom stereocenters. The summed E-state index contributed by atoms with van der Waals surface area (Å²) in [4.78, 5) is 26.0. The molecule has 0 saturated carbocycles. The highest BCUT2D eigenvalue weighted by atomic mass is 16.5. The van der Waals surface area contributed by atoms with E-state index in [4.69, 9.17) is 4.74 Å². The number of hydrogen-bond acceptors (Lipinski definition) is 4. The third kappa shape index (κ3) is 2.18. The zero-order valence-corrected chi connectivity index (χ0v) is 13.9. The Hall–Kier alpha value is -1.88. The fraction of sp³-hybridized carbons (Fsp3) is 0.579. The highest BCUT2D eigenvalue weighted by Gasteiger charge is 2.65. The summed E-state index contributed by atoms with van der Waals surface area (Å²) in [6.45, 7) is 7.10. The van der Waals surface area contributed by atoms with Crippen molar-refractivity contribution in [2.24, 2.45) is 17.8 Å². The van der Waals surface area contributed by atoms with E-state index >= 15 is 0 Å². The summed E-state index contributed by atoms with van der Waals surface area (Å²) in [7, 11) is 0. The molecule has 4 rings (SSSR count). The van der Waals surface area contributed by atoms with Crippen molar-refractivity contribution in [3.05, 3.63) is 36.0 Å². The average Bonchev–Trinajstić information content (AvgIpc) is 3.16. The van der Waals surface area contributed by atoms with Crippen molar-refractivity contribution in [1.29, 1.82) is 0 Å². The molecular weight excluding hydrogens is 306 g/mol. The van der Waals surface area contributed by atoms with Crippen LogP contribution in [0.25, 0.3) is 0 Å². The van der Waals surface area contributed by atoms with E-state index in [0.717, 1.165) is 19.3 Å². The molecule has 0 unspecified atom stereocenters. The van der Waals surface area contributed by atoms with E-state index in [1.54, 1.807) is 11.0 Å². The lowest BCUT2D eigenvalue weighted by Crippen LogP contribution is -2.45. The number of rotatable bonds is 4. The third-order valence-corrected chi connectivity index (χ3v) is 6.05. The normalized spacial score (nSPS) is 40.0. The lowest BCUT2D eigenvalue weighted by atomic mass is 9.77. The third-order valence-electron chi connectivity index (χ3n) is 6.05. The zero-order valence-electron chi connectivity index (χ0n) is 13.9. The number of carboxylic acids is 1. The van der Waals surface area contributed by atoms with E-state index in [9.17, 15) is 14.7 Å². The van der Waals surface area contributed by atoms with Gasteiger partial charge in [-0.3, -0.25) is 4.79 Å². The van der Waals surface area contributed by atoms with Gasteiger partial charge in [0.2, 0.25) is 5.91 Å². The van der Waals surface area contributed by atoms with Crippen LogP contribution in [-0.2, 0) is 14.3 Å². The van der Waals surface area contributed by atoms with Crippen LogP contribution >= 0.6 is 0 Å². The Morgan fingerprint density at radius 2 is 2.33 bits per heavy atom. The van der Waals surface area contributed by atoms with Gasteiger partial charge in [0.1, 0.15) is 5.60 Å². The molecule has 0 N–H and O–H groups in total. The second-order valence-corrected chi connectivity index (χ2v) is 7.59. The number of fused-ring (bicyclic) bond motifs is 1. The molecule has 0 radical (unpaired) electrons. The Balaban J connectivity index is 1.50. The van der Waals surface area contributed by atoms with Crippen molar-refractivity contribution in [1.82, 2.24) is 4.90 Å². The number of carbonyl (C=O) groups is 2. The number of hydrogen-bond donors (Lipinski definition) is 0. The summed E-state index contributed by atoms with van der Waals surface area (Å²) in [5.41, 5.74) is 1.70. The van der Waals surface area contributed by atoms with Crippen LogP contribution in [0.1, 0.15) is 26.2 Å². The van der Waals surface area contributed by atoms with Crippen molar-refractivity contribution in [3.8, 4) is 0 Å². The molecule has 2 saturated heterocycles. The van der Waals surface area contributed by atoms with Crippen LogP contribution in [0.15, 0.2) is 36.0 Å². The first kappa shape index (κ1) is 15.6. The number of ether oxygens (including phenoxy) is 1. The predicted molar refractivity (Wildman–Crippen MR) is 85.5 cm³/mol. The molecule has 3 aliphatic heterocycles. The lowest BCUT2D eigenvalue weighted by molar-refractivity contribution is -0.313. The highest BCUT2D eigenvalue weighted by molar-refractivity contribution is 5.90. The number of aliphatic carboxylic acids is 1. The summed E-state index contributed by atoms with van der Waals surface area (Å²) in [6.07, 6.45) is 8.35. The van der Waals surface area contributed by atoms with Gasteiger partial charge in [0, 0.05) is 18.4 Å². The topological polar surface area (TPSA) is 69.7 Å². The van der Waals surface area contributed by atoms with Gasteiger partial charge in [0.15, 0.2) is 0 Å². The first-order valence-electron chi connectivity index (χ1n) is 8.61. The standard InChI is InChI=1S/C19H23NO4/c1-11(2)13-5-3-12(4-6-13)9-20-10-19-8-7-14(24-19)15(18(22)23)16(19)17(20)21/h3,7-8,13-16H,1,4-6,9-10H2,2H3,(H,22,23)/p-1/t13-,14-,15-,16+,19-/m1/s1. The number of carbonyl (C=O) groups excluding carboxylic acids is 2. The van der Waals surface area contributed by atoms with E-state index in [-0.39, 0.29) is 5.91 Å². The van der Waals surface area contributed by atoms with Crippen LogP contribution < -0.4 is 5.11 Å². The predicted octanol–water partition coefficient (Wildman–Crippen LogP) is 0.821. The van der Waals surface area contributed by atoms with Gasteiger partial charge in [-0.2, -0.15) is 0 Å². The van der Waals surface area contributed by atoms with Crippen LogP contribution in [-0.4, -0.2) is 41.6 Å². The summed E-state index contributed by atoms with van der Waals surface area (Å²) in [5.74, 6) is -2.26. The van der Waals surface area contributed by atoms with Crippen LogP contribution in [0.3, 0.4) is 0 Å². The largest absolute Gasteiger partial charge is 0.550 e. The minimum Gasteiger partial charge on any atom is -0.550 e. The molecule has 0 aromatic carbocycles. The van der Waals surface area contributed by atoms with Crippen LogP contribution in [0.4, 0.5) is 0 Å². The molecule has 2 fully saturated rings. The van der Waals surface area contributed by atoms with Gasteiger partial charge in [0.05, 0.1) is 18.6 Å². The number of carboxylic acid groups (broad SMARTS) is 1. The van der Waals surface area contributed by atoms with E-state index in [1.165, 1.54) is 11.1 Å². The molecule has 5 nitrogen and oxygen atoms in total. The van der Waals surface area contributed by atoms with Gasteiger partial charge in [-0.05, 0) is 32.1 Å². The fourth-order valence-electron chi connectivity index (χ4n) is 4.71. The summed E-state index contributed by atoms with van der Waals surface area (Å²) >= 11 is 0. The molecule has 3 heterocycles. The highest BCUT2D eigenvalue weighted by Crippen LogP contribution is 2.51. The maximum atomic E-state index is 12.8. The fourth-order valence-corrected chi connectivity index (χ4v) is 4.71. The van der Waals surface area contributed by atoms with E-state index in [0.29, 0.717) is 19.0 Å². The monoisotopic (exact) mass is 328 g/mol. The van der Waals surface area contributed by atoms with Gasteiger partial charge in [0.25, 0.3) is 0 Å². The van der Waals surface area contributed by atoms with Crippen molar-refractivity contribution >= 4 is 11.9 Å². The average molecular weight is 328 g/mol. The number of likely N-dealkylation sites (tertiary alicyclic amines) is 1. The van der Waals surface area contributed by atoms with Crippen molar-refractivity contribution in [3.63, 3.8) is 0 Å². The van der Waals surface area contributed by atoms with Gasteiger partial charge in [-0.25, -0.2) is 0 Å². The zero-order chi connectivity index (χ0) is 17.1. The molecule has 1 spiro atoms. The van der Waals surface area contributed by atoms with E-state index in [1.807, 2.05) is 6.08 Å². The Morgan fingerprint density at radius 1 is 1.54 bits per heavy atom. The summed E-state index contributed by atoms with van der Waals surface area (Å²) in [5, 5.41) is 11.5. The quantitative estimate of drug-likeness (QED) is 0.717. The summed E-state index contributed by atoms with van der Waals surface area (Å²) in [6, 6.07) is 0. The SMILES string of the molecule is C=C(C)[C@@H]1CC=C(CN2C[C@@]34C=C[C@@H](O3)[C@@H](C(=O)[O-])[C@H]4C2=O)CC1. The Morgan fingerprint density at radius 3 is 2.96 bits per heavy atom.